The van der Waals surface area contributed by atoms with Crippen LogP contribution < -0.4 is 14.4 Å². The van der Waals surface area contributed by atoms with Crippen molar-refractivity contribution in [2.24, 2.45) is 5.92 Å². The molecule has 0 unspecified atom stereocenters. The van der Waals surface area contributed by atoms with Crippen LogP contribution >= 0.6 is 11.6 Å². The average molecular weight is 484 g/mol. The number of hydrogen-bond acceptors (Lipinski definition) is 6. The summed E-state index contributed by atoms with van der Waals surface area (Å²) in [4.78, 5) is 27.4. The highest BCUT2D eigenvalue weighted by atomic mass is 35.5. The Hall–Kier alpha value is -3.09. The van der Waals surface area contributed by atoms with Gasteiger partial charge in [-0.1, -0.05) is 49.6 Å². The SMILES string of the molecule is CC[C@H](C)/C=C(C)/C=C/C1=CC2=C(Cl)C(=O)[C@](C)(O)C(=O)C2=CN1c1ccc(OC)c(OC)c1. The molecule has 2 atom stereocenters. The number of hydrogen-bond donors (Lipinski definition) is 1. The summed E-state index contributed by atoms with van der Waals surface area (Å²) in [5.74, 6) is 0.0144. The molecule has 2 aliphatic rings. The Morgan fingerprint density at radius 3 is 2.50 bits per heavy atom. The maximum Gasteiger partial charge on any atom is 0.214 e. The summed E-state index contributed by atoms with van der Waals surface area (Å²) in [5.41, 5.74) is 0.701. The molecule has 0 aromatic heterocycles. The molecule has 0 bridgehead atoms. The lowest BCUT2D eigenvalue weighted by atomic mass is 9.79. The number of anilines is 1. The normalized spacial score (nSPS) is 22.0. The van der Waals surface area contributed by atoms with Crippen molar-refractivity contribution in [1.29, 1.82) is 0 Å². The zero-order chi connectivity index (χ0) is 25.2. The van der Waals surface area contributed by atoms with E-state index in [0.29, 0.717) is 34.4 Å². The topological polar surface area (TPSA) is 76.1 Å². The van der Waals surface area contributed by atoms with Crippen molar-refractivity contribution >= 4 is 28.9 Å². The standard InChI is InChI=1S/C27H30ClNO5/c1-7-16(2)12-17(3)8-9-18-13-20-21(25(30)27(4,32)26(31)24(20)28)15-29(18)19-10-11-22(33-5)23(14-19)34-6/h8-16,32H,7H2,1-6H3/b9-8+,17-12+/t16-,27+/m0/s1. The first kappa shape index (κ1) is 25.5. The first-order valence-electron chi connectivity index (χ1n) is 11.1. The van der Waals surface area contributed by atoms with E-state index in [-0.39, 0.29) is 10.6 Å². The number of rotatable bonds is 7. The fraction of sp³-hybridized carbons (Fsp3) is 0.333. The molecule has 1 aromatic carbocycles. The van der Waals surface area contributed by atoms with Crippen LogP contribution in [0.3, 0.4) is 0 Å². The first-order valence-corrected chi connectivity index (χ1v) is 11.5. The number of ketones is 2. The minimum absolute atomic E-state index is 0.161. The van der Waals surface area contributed by atoms with E-state index in [4.69, 9.17) is 21.1 Å². The molecule has 0 saturated carbocycles. The third-order valence-electron chi connectivity index (χ3n) is 6.04. The van der Waals surface area contributed by atoms with E-state index in [1.54, 1.807) is 43.5 Å². The molecule has 1 aromatic rings. The van der Waals surface area contributed by atoms with E-state index in [1.807, 2.05) is 25.1 Å². The second-order valence-corrected chi connectivity index (χ2v) is 8.99. The Morgan fingerprint density at radius 2 is 1.88 bits per heavy atom. The van der Waals surface area contributed by atoms with Crippen molar-refractivity contribution in [2.75, 3.05) is 19.1 Å². The van der Waals surface area contributed by atoms with Gasteiger partial charge >= 0.3 is 0 Å². The quantitative estimate of drug-likeness (QED) is 0.422. The summed E-state index contributed by atoms with van der Waals surface area (Å²) < 4.78 is 10.8. The van der Waals surface area contributed by atoms with Crippen molar-refractivity contribution < 1.29 is 24.2 Å². The lowest BCUT2D eigenvalue weighted by Gasteiger charge is -2.34. The van der Waals surface area contributed by atoms with Gasteiger partial charge in [0.2, 0.25) is 11.6 Å². The Balaban J connectivity index is 2.18. The van der Waals surface area contributed by atoms with Crippen LogP contribution in [0.5, 0.6) is 11.5 Å². The van der Waals surface area contributed by atoms with E-state index in [9.17, 15) is 14.7 Å². The fourth-order valence-corrected chi connectivity index (χ4v) is 4.14. The number of allylic oxidation sites excluding steroid dienone is 6. The highest BCUT2D eigenvalue weighted by Gasteiger charge is 2.48. The largest absolute Gasteiger partial charge is 0.493 e. The number of benzene rings is 1. The second-order valence-electron chi connectivity index (χ2n) is 8.61. The van der Waals surface area contributed by atoms with Crippen LogP contribution in [0.1, 0.15) is 34.1 Å². The van der Waals surface area contributed by atoms with Crippen LogP contribution in [-0.2, 0) is 9.59 Å². The maximum atomic E-state index is 13.0. The van der Waals surface area contributed by atoms with Gasteiger partial charge in [-0.25, -0.2) is 0 Å². The molecule has 1 aliphatic carbocycles. The van der Waals surface area contributed by atoms with E-state index in [2.05, 4.69) is 19.9 Å². The van der Waals surface area contributed by atoms with Gasteiger partial charge in [0.05, 0.1) is 19.3 Å². The number of ether oxygens (including phenoxy) is 2. The minimum atomic E-state index is -2.22. The molecule has 7 heteroatoms. The molecule has 180 valence electrons. The monoisotopic (exact) mass is 483 g/mol. The first-order chi connectivity index (χ1) is 16.0. The summed E-state index contributed by atoms with van der Waals surface area (Å²) >= 11 is 6.33. The second kappa shape index (κ2) is 10.0. The van der Waals surface area contributed by atoms with Gasteiger partial charge in [-0.05, 0) is 44.1 Å². The van der Waals surface area contributed by atoms with Gasteiger partial charge < -0.3 is 19.5 Å². The van der Waals surface area contributed by atoms with Crippen LogP contribution in [0.2, 0.25) is 0 Å². The van der Waals surface area contributed by atoms with Crippen molar-refractivity contribution in [1.82, 2.24) is 0 Å². The van der Waals surface area contributed by atoms with E-state index in [0.717, 1.165) is 12.0 Å². The number of halogens is 1. The van der Waals surface area contributed by atoms with E-state index < -0.39 is 17.2 Å². The minimum Gasteiger partial charge on any atom is -0.493 e. The number of fused-ring (bicyclic) bond motifs is 1. The fourth-order valence-electron chi connectivity index (χ4n) is 3.80. The Kier molecular flexibility index (Phi) is 7.54. The molecule has 1 N–H and O–H groups in total. The zero-order valence-electron chi connectivity index (χ0n) is 20.3. The summed E-state index contributed by atoms with van der Waals surface area (Å²) in [5, 5.41) is 10.4. The van der Waals surface area contributed by atoms with Gasteiger partial charge in [-0.15, -0.1) is 0 Å². The van der Waals surface area contributed by atoms with Gasteiger partial charge in [-0.2, -0.15) is 0 Å². The number of Topliss-reactive ketones (excluding diaryl/α,β-unsaturated/α-hetero) is 2. The number of aliphatic hydroxyl groups is 1. The van der Waals surface area contributed by atoms with Gasteiger partial charge in [0, 0.05) is 34.8 Å². The van der Waals surface area contributed by atoms with Crippen molar-refractivity contribution in [3.05, 3.63) is 76.2 Å². The molecule has 34 heavy (non-hydrogen) atoms. The molecule has 6 nitrogen and oxygen atoms in total. The van der Waals surface area contributed by atoms with Crippen molar-refractivity contribution in [2.45, 2.75) is 39.7 Å². The number of carbonyl (C=O) groups excluding carboxylic acids is 2. The lowest BCUT2D eigenvalue weighted by Crippen LogP contribution is -2.49. The summed E-state index contributed by atoms with van der Waals surface area (Å²) in [6.07, 6.45) is 10.4. The highest BCUT2D eigenvalue weighted by molar-refractivity contribution is 6.49. The Bertz CT molecular complexity index is 1170. The molecule has 0 saturated heterocycles. The van der Waals surface area contributed by atoms with Gasteiger partial charge in [0.15, 0.2) is 17.1 Å². The number of carbonyl (C=O) groups is 2. The third-order valence-corrected chi connectivity index (χ3v) is 6.41. The van der Waals surface area contributed by atoms with Crippen LogP contribution in [-0.4, -0.2) is 36.5 Å². The van der Waals surface area contributed by atoms with Crippen molar-refractivity contribution in [3.63, 3.8) is 0 Å². The van der Waals surface area contributed by atoms with Gasteiger partial charge in [-0.3, -0.25) is 9.59 Å². The molecule has 0 amide bonds. The average Bonchev–Trinajstić information content (AvgIpc) is 2.84. The van der Waals surface area contributed by atoms with Crippen molar-refractivity contribution in [3.8, 4) is 11.5 Å². The highest BCUT2D eigenvalue weighted by Crippen LogP contribution is 2.41. The third kappa shape index (κ3) is 4.74. The smallest absolute Gasteiger partial charge is 0.214 e. The number of nitrogens with zero attached hydrogens (tertiary/aromatic N) is 1. The van der Waals surface area contributed by atoms with E-state index >= 15 is 0 Å². The van der Waals surface area contributed by atoms with Gasteiger partial charge in [0.25, 0.3) is 0 Å². The Morgan fingerprint density at radius 1 is 1.21 bits per heavy atom. The summed E-state index contributed by atoms with van der Waals surface area (Å²) in [6.45, 7) is 7.47. The van der Waals surface area contributed by atoms with Crippen LogP contribution in [0.25, 0.3) is 0 Å². The maximum absolute atomic E-state index is 13.0. The predicted molar refractivity (Wildman–Crippen MR) is 134 cm³/mol. The van der Waals surface area contributed by atoms with Crippen LogP contribution in [0.4, 0.5) is 5.69 Å². The zero-order valence-corrected chi connectivity index (χ0v) is 21.1. The number of methoxy groups -OCH3 is 2. The molecule has 1 aliphatic heterocycles. The molecule has 0 fully saturated rings. The summed E-state index contributed by atoms with van der Waals surface area (Å²) in [7, 11) is 3.10. The Labute approximate surface area is 205 Å². The molecular formula is C27H30ClNO5. The lowest BCUT2D eigenvalue weighted by molar-refractivity contribution is -0.144. The molecule has 0 spiro atoms. The molecule has 0 radical (unpaired) electrons. The van der Waals surface area contributed by atoms with E-state index in [1.165, 1.54) is 6.92 Å². The summed E-state index contributed by atoms with van der Waals surface area (Å²) in [6, 6.07) is 5.38. The van der Waals surface area contributed by atoms with Crippen LogP contribution in [0.15, 0.2) is 76.2 Å². The van der Waals surface area contributed by atoms with Gasteiger partial charge in [0.1, 0.15) is 0 Å². The molecule has 3 rings (SSSR count). The van der Waals surface area contributed by atoms with Crippen LogP contribution in [0, 0.1) is 5.92 Å². The molecular weight excluding hydrogens is 454 g/mol. The predicted octanol–water partition coefficient (Wildman–Crippen LogP) is 5.24. The molecule has 1 heterocycles.